The number of rotatable bonds is 2. The van der Waals surface area contributed by atoms with Crippen LogP contribution >= 0.6 is 11.3 Å². The first-order chi connectivity index (χ1) is 25.8. The van der Waals surface area contributed by atoms with Gasteiger partial charge in [0.25, 0.3) is 0 Å². The molecule has 2 aliphatic carbocycles. The molecular weight excluding hydrogens is 647 g/mol. The molecule has 0 amide bonds. The Morgan fingerprint density at radius 3 is 1.67 bits per heavy atom. The minimum absolute atomic E-state index is 0.391. The summed E-state index contributed by atoms with van der Waals surface area (Å²) in [6.45, 7) is 0. The Balaban J connectivity index is 1.23. The average Bonchev–Trinajstić information content (AvgIpc) is 3.85. The van der Waals surface area contributed by atoms with E-state index in [0.29, 0.717) is 0 Å². The van der Waals surface area contributed by atoms with Gasteiger partial charge in [0, 0.05) is 47.5 Å². The molecule has 2 heteroatoms. The lowest BCUT2D eigenvalue weighted by molar-refractivity contribution is 0.794. The van der Waals surface area contributed by atoms with E-state index in [-0.39, 0.29) is 0 Å². The van der Waals surface area contributed by atoms with Crippen LogP contribution in [0.3, 0.4) is 0 Å². The van der Waals surface area contributed by atoms with Gasteiger partial charge in [-0.25, -0.2) is 4.98 Å². The number of benzene rings is 8. The van der Waals surface area contributed by atoms with Gasteiger partial charge in [-0.15, -0.1) is 11.3 Å². The first kappa shape index (κ1) is 28.4. The van der Waals surface area contributed by atoms with Crippen LogP contribution in [0.25, 0.3) is 86.5 Å². The van der Waals surface area contributed by atoms with E-state index < -0.39 is 5.41 Å². The summed E-state index contributed by atoms with van der Waals surface area (Å²) in [7, 11) is 0. The van der Waals surface area contributed by atoms with Gasteiger partial charge in [0.05, 0.1) is 16.6 Å². The zero-order chi connectivity index (χ0) is 34.0. The molecule has 0 fully saturated rings. The number of fused-ring (bicyclic) bond motifs is 17. The second-order valence-corrected chi connectivity index (χ2v) is 15.2. The van der Waals surface area contributed by atoms with Crippen LogP contribution in [0.4, 0.5) is 0 Å². The first-order valence-corrected chi connectivity index (χ1v) is 18.8. The number of hydrogen-bond acceptors (Lipinski definition) is 2. The average molecular weight is 676 g/mol. The monoisotopic (exact) mass is 675 g/mol. The topological polar surface area (TPSA) is 12.9 Å². The SMILES string of the molecule is c1ccc(-c2nc3ccccc3c3c2cc(-c2ccc4c(c2)C2(c5ccccc5-c5ccccc52)c2ccccc2-4)c2sc4ccccc4c23)cc1. The van der Waals surface area contributed by atoms with Gasteiger partial charge >= 0.3 is 0 Å². The van der Waals surface area contributed by atoms with Crippen LogP contribution in [0.5, 0.6) is 0 Å². The van der Waals surface area contributed by atoms with Crippen molar-refractivity contribution in [2.24, 2.45) is 0 Å². The molecule has 0 atom stereocenters. The third-order valence-corrected chi connectivity index (χ3v) is 12.9. The van der Waals surface area contributed by atoms with Gasteiger partial charge in [-0.1, -0.05) is 152 Å². The molecule has 240 valence electrons. The maximum atomic E-state index is 5.38. The van der Waals surface area contributed by atoms with E-state index in [1.54, 1.807) is 0 Å². The Labute approximate surface area is 305 Å². The van der Waals surface area contributed by atoms with Crippen LogP contribution in [0.2, 0.25) is 0 Å². The molecule has 8 aromatic carbocycles. The highest BCUT2D eigenvalue weighted by Gasteiger charge is 2.51. The van der Waals surface area contributed by atoms with Crippen molar-refractivity contribution >= 4 is 53.2 Å². The highest BCUT2D eigenvalue weighted by Crippen LogP contribution is 2.63. The van der Waals surface area contributed by atoms with E-state index in [1.807, 2.05) is 11.3 Å². The van der Waals surface area contributed by atoms with Crippen molar-refractivity contribution in [1.82, 2.24) is 4.98 Å². The third kappa shape index (κ3) is 3.55. The number of aromatic nitrogens is 1. The van der Waals surface area contributed by atoms with Crippen LogP contribution in [0.15, 0.2) is 176 Å². The van der Waals surface area contributed by atoms with Crippen molar-refractivity contribution in [3.8, 4) is 44.6 Å². The normalized spacial score (nSPS) is 13.5. The quantitative estimate of drug-likeness (QED) is 0.166. The summed E-state index contributed by atoms with van der Waals surface area (Å²) in [6, 6.07) is 65.2. The van der Waals surface area contributed by atoms with Crippen molar-refractivity contribution in [2.75, 3.05) is 0 Å². The third-order valence-electron chi connectivity index (χ3n) is 11.7. The second-order valence-electron chi connectivity index (χ2n) is 14.1. The van der Waals surface area contributed by atoms with E-state index in [1.165, 1.54) is 92.0 Å². The number of thiophene rings is 1. The summed E-state index contributed by atoms with van der Waals surface area (Å²) in [5.74, 6) is 0. The molecule has 1 nitrogen and oxygen atoms in total. The fraction of sp³-hybridized carbons (Fsp3) is 0.0200. The largest absolute Gasteiger partial charge is 0.247 e. The van der Waals surface area contributed by atoms with Crippen LogP contribution in [0.1, 0.15) is 22.3 Å². The molecule has 0 unspecified atom stereocenters. The van der Waals surface area contributed by atoms with Crippen LogP contribution in [0, 0.1) is 0 Å². The number of para-hydroxylation sites is 1. The Morgan fingerprint density at radius 1 is 0.385 bits per heavy atom. The lowest BCUT2D eigenvalue weighted by Crippen LogP contribution is -2.25. The van der Waals surface area contributed by atoms with Crippen molar-refractivity contribution in [1.29, 1.82) is 0 Å². The van der Waals surface area contributed by atoms with Crippen LogP contribution in [-0.2, 0) is 5.41 Å². The van der Waals surface area contributed by atoms with Gasteiger partial charge in [0.15, 0.2) is 0 Å². The van der Waals surface area contributed by atoms with E-state index in [4.69, 9.17) is 4.98 Å². The van der Waals surface area contributed by atoms with Gasteiger partial charge in [0.1, 0.15) is 0 Å². The lowest BCUT2D eigenvalue weighted by Gasteiger charge is -2.30. The molecule has 2 heterocycles. The van der Waals surface area contributed by atoms with Gasteiger partial charge in [0.2, 0.25) is 0 Å². The smallest absolute Gasteiger partial charge is 0.0788 e. The zero-order valence-corrected chi connectivity index (χ0v) is 28.9. The molecule has 0 radical (unpaired) electrons. The highest BCUT2D eigenvalue weighted by atomic mass is 32.1. The number of nitrogens with zero attached hydrogens (tertiary/aromatic N) is 1. The summed E-state index contributed by atoms with van der Waals surface area (Å²) in [4.78, 5) is 5.38. The molecule has 2 aromatic heterocycles. The maximum absolute atomic E-state index is 5.38. The molecule has 0 saturated heterocycles. The van der Waals surface area contributed by atoms with Crippen LogP contribution < -0.4 is 0 Å². The maximum Gasteiger partial charge on any atom is 0.0788 e. The Hall–Kier alpha value is -6.35. The summed E-state index contributed by atoms with van der Waals surface area (Å²) >= 11 is 1.91. The van der Waals surface area contributed by atoms with Gasteiger partial charge in [-0.2, -0.15) is 0 Å². The predicted molar refractivity (Wildman–Crippen MR) is 219 cm³/mol. The minimum Gasteiger partial charge on any atom is -0.247 e. The summed E-state index contributed by atoms with van der Waals surface area (Å²) in [6.07, 6.45) is 0. The fourth-order valence-electron chi connectivity index (χ4n) is 9.62. The molecule has 52 heavy (non-hydrogen) atoms. The molecule has 10 aromatic rings. The molecule has 0 N–H and O–H groups in total. The van der Waals surface area contributed by atoms with Crippen LogP contribution in [-0.4, -0.2) is 4.98 Å². The van der Waals surface area contributed by atoms with E-state index >= 15 is 0 Å². The van der Waals surface area contributed by atoms with E-state index in [2.05, 4.69) is 176 Å². The lowest BCUT2D eigenvalue weighted by atomic mass is 9.70. The standard InChI is InChI=1S/C50H29NS/c1-2-14-30(15-3-1)48-39-29-38(49-47(37-20-8-13-25-45(37)52-49)46(39)36-19-7-12-24-44(36)51-48)31-26-27-35-34-18-6-11-23-42(34)50(43(35)28-31)40-21-9-4-16-32(40)33-17-5-10-22-41(33)50/h1-29H. The van der Waals surface area contributed by atoms with Gasteiger partial charge in [-0.3, -0.25) is 0 Å². The summed E-state index contributed by atoms with van der Waals surface area (Å²) in [5.41, 5.74) is 16.0. The van der Waals surface area contributed by atoms with E-state index in [9.17, 15) is 0 Å². The molecule has 0 aliphatic heterocycles. The Kier molecular flexibility index (Phi) is 5.65. The first-order valence-electron chi connectivity index (χ1n) is 18.0. The van der Waals surface area contributed by atoms with Crippen molar-refractivity contribution in [3.63, 3.8) is 0 Å². The fourth-order valence-corrected chi connectivity index (χ4v) is 10.9. The second kappa shape index (κ2) is 10.4. The molecular formula is C50H29NS. The molecule has 0 bridgehead atoms. The summed E-state index contributed by atoms with van der Waals surface area (Å²) < 4.78 is 2.62. The van der Waals surface area contributed by atoms with E-state index in [0.717, 1.165) is 16.8 Å². The van der Waals surface area contributed by atoms with Gasteiger partial charge in [-0.05, 0) is 74.3 Å². The number of hydrogen-bond donors (Lipinski definition) is 0. The van der Waals surface area contributed by atoms with Crippen molar-refractivity contribution in [3.05, 3.63) is 198 Å². The Bertz CT molecular complexity index is 3070. The number of pyridine rings is 1. The Morgan fingerprint density at radius 2 is 0.962 bits per heavy atom. The molecule has 12 rings (SSSR count). The van der Waals surface area contributed by atoms with Crippen molar-refractivity contribution < 1.29 is 0 Å². The predicted octanol–water partition coefficient (Wildman–Crippen LogP) is 13.4. The molecule has 2 aliphatic rings. The minimum atomic E-state index is -0.391. The van der Waals surface area contributed by atoms with Gasteiger partial charge < -0.3 is 0 Å². The zero-order valence-electron chi connectivity index (χ0n) is 28.1. The molecule has 0 saturated carbocycles. The summed E-state index contributed by atoms with van der Waals surface area (Å²) in [5, 5.41) is 6.28. The molecule has 1 spiro atoms. The highest BCUT2D eigenvalue weighted by molar-refractivity contribution is 7.26. The van der Waals surface area contributed by atoms with Crippen molar-refractivity contribution in [2.45, 2.75) is 5.41 Å².